The van der Waals surface area contributed by atoms with Gasteiger partial charge in [0.05, 0.1) is 6.10 Å². The highest BCUT2D eigenvalue weighted by molar-refractivity contribution is 5.54. The van der Waals surface area contributed by atoms with Gasteiger partial charge in [-0.05, 0) is 38.9 Å². The molecule has 1 aromatic rings. The molecule has 1 aromatic carbocycles. The molecule has 0 aromatic heterocycles. The molecule has 0 spiro atoms. The summed E-state index contributed by atoms with van der Waals surface area (Å²) in [6, 6.07) is 8.14. The zero-order valence-corrected chi connectivity index (χ0v) is 11.6. The summed E-state index contributed by atoms with van der Waals surface area (Å²) < 4.78 is 0. The Bertz CT molecular complexity index is 392. The molecular formula is C15H24N2O. The summed E-state index contributed by atoms with van der Waals surface area (Å²) in [6.45, 7) is 5.28. The van der Waals surface area contributed by atoms with Gasteiger partial charge in [-0.1, -0.05) is 18.2 Å². The van der Waals surface area contributed by atoms with Crippen molar-refractivity contribution in [1.82, 2.24) is 4.90 Å². The smallest absolute Gasteiger partial charge is 0.0781 e. The molecule has 0 saturated carbocycles. The van der Waals surface area contributed by atoms with E-state index in [4.69, 9.17) is 0 Å². The molecule has 1 fully saturated rings. The molecule has 1 unspecified atom stereocenters. The highest BCUT2D eigenvalue weighted by Crippen LogP contribution is 2.27. The molecule has 100 valence electrons. The summed E-state index contributed by atoms with van der Waals surface area (Å²) in [5.74, 6) is 0.738. The number of aliphatic hydroxyl groups excluding tert-OH is 1. The van der Waals surface area contributed by atoms with Gasteiger partial charge in [-0.2, -0.15) is 0 Å². The van der Waals surface area contributed by atoms with Crippen molar-refractivity contribution >= 4 is 5.69 Å². The van der Waals surface area contributed by atoms with E-state index >= 15 is 0 Å². The van der Waals surface area contributed by atoms with Crippen molar-refractivity contribution in [3.05, 3.63) is 29.8 Å². The van der Waals surface area contributed by atoms with Crippen LogP contribution >= 0.6 is 0 Å². The predicted molar refractivity (Wildman–Crippen MR) is 75.9 cm³/mol. The lowest BCUT2D eigenvalue weighted by Crippen LogP contribution is -2.28. The number of rotatable bonds is 4. The summed E-state index contributed by atoms with van der Waals surface area (Å²) in [6.07, 6.45) is 0.868. The summed E-state index contributed by atoms with van der Waals surface area (Å²) in [5, 5.41) is 9.82. The Kier molecular flexibility index (Phi) is 4.25. The number of likely N-dealkylation sites (tertiary alicyclic amines) is 1. The lowest BCUT2D eigenvalue weighted by atomic mass is 10.0. The van der Waals surface area contributed by atoms with E-state index in [-0.39, 0.29) is 0 Å². The zero-order valence-electron chi connectivity index (χ0n) is 11.6. The zero-order chi connectivity index (χ0) is 13.1. The van der Waals surface area contributed by atoms with E-state index in [2.05, 4.69) is 30.0 Å². The van der Waals surface area contributed by atoms with Crippen LogP contribution in [0.2, 0.25) is 0 Å². The summed E-state index contributed by atoms with van der Waals surface area (Å²) in [4.78, 5) is 4.67. The molecule has 1 N–H and O–H groups in total. The van der Waals surface area contributed by atoms with Gasteiger partial charge in [0, 0.05) is 31.4 Å². The minimum atomic E-state index is -0.407. The summed E-state index contributed by atoms with van der Waals surface area (Å²) in [7, 11) is 4.31. The van der Waals surface area contributed by atoms with Crippen LogP contribution in [0.5, 0.6) is 0 Å². The van der Waals surface area contributed by atoms with Crippen molar-refractivity contribution in [2.24, 2.45) is 5.92 Å². The van der Waals surface area contributed by atoms with Crippen LogP contribution in [0.15, 0.2) is 24.3 Å². The van der Waals surface area contributed by atoms with Crippen LogP contribution in [0, 0.1) is 5.92 Å². The molecule has 1 aliphatic rings. The normalized spacial score (nSPS) is 22.1. The first-order valence-corrected chi connectivity index (χ1v) is 6.74. The number of anilines is 1. The van der Waals surface area contributed by atoms with Crippen LogP contribution in [0.3, 0.4) is 0 Å². The van der Waals surface area contributed by atoms with Gasteiger partial charge < -0.3 is 14.9 Å². The predicted octanol–water partition coefficient (Wildman–Crippen LogP) is 2.13. The van der Waals surface area contributed by atoms with Crippen molar-refractivity contribution in [2.75, 3.05) is 38.6 Å². The maximum atomic E-state index is 9.82. The molecular weight excluding hydrogens is 224 g/mol. The molecule has 1 saturated heterocycles. The SMILES string of the molecule is C[C@H](O)c1ccccc1N(C)CC1CCN(C)C1. The Hall–Kier alpha value is -1.06. The maximum Gasteiger partial charge on any atom is 0.0781 e. The Balaban J connectivity index is 2.06. The number of hydrogen-bond acceptors (Lipinski definition) is 3. The quantitative estimate of drug-likeness (QED) is 0.884. The monoisotopic (exact) mass is 248 g/mol. The fourth-order valence-electron chi connectivity index (χ4n) is 2.85. The Morgan fingerprint density at radius 2 is 2.17 bits per heavy atom. The van der Waals surface area contributed by atoms with E-state index in [0.717, 1.165) is 23.7 Å². The van der Waals surface area contributed by atoms with E-state index in [9.17, 15) is 5.11 Å². The van der Waals surface area contributed by atoms with Crippen LogP contribution in [0.25, 0.3) is 0 Å². The number of para-hydroxylation sites is 1. The van der Waals surface area contributed by atoms with Crippen LogP contribution in [0.1, 0.15) is 25.0 Å². The second-order valence-corrected chi connectivity index (χ2v) is 5.53. The highest BCUT2D eigenvalue weighted by atomic mass is 16.3. The molecule has 3 heteroatoms. The highest BCUT2D eigenvalue weighted by Gasteiger charge is 2.21. The van der Waals surface area contributed by atoms with Gasteiger partial charge in [0.15, 0.2) is 0 Å². The molecule has 0 amide bonds. The minimum Gasteiger partial charge on any atom is -0.389 e. The molecule has 0 bridgehead atoms. The molecule has 1 aliphatic heterocycles. The second kappa shape index (κ2) is 5.72. The van der Waals surface area contributed by atoms with E-state index in [1.807, 2.05) is 25.1 Å². The Labute approximate surface area is 110 Å². The minimum absolute atomic E-state index is 0.407. The molecule has 2 atom stereocenters. The lowest BCUT2D eigenvalue weighted by Gasteiger charge is -2.26. The van der Waals surface area contributed by atoms with Gasteiger partial charge in [-0.3, -0.25) is 0 Å². The van der Waals surface area contributed by atoms with E-state index in [1.165, 1.54) is 19.5 Å². The van der Waals surface area contributed by atoms with E-state index in [0.29, 0.717) is 0 Å². The third kappa shape index (κ3) is 3.03. The molecule has 0 aliphatic carbocycles. The number of nitrogens with zero attached hydrogens (tertiary/aromatic N) is 2. The first-order valence-electron chi connectivity index (χ1n) is 6.74. The van der Waals surface area contributed by atoms with Gasteiger partial charge in [-0.25, -0.2) is 0 Å². The molecule has 1 heterocycles. The average Bonchev–Trinajstić information content (AvgIpc) is 2.74. The third-order valence-corrected chi connectivity index (χ3v) is 3.82. The van der Waals surface area contributed by atoms with Crippen LogP contribution in [-0.2, 0) is 0 Å². The molecule has 18 heavy (non-hydrogen) atoms. The second-order valence-electron chi connectivity index (χ2n) is 5.53. The number of aliphatic hydroxyl groups is 1. The van der Waals surface area contributed by atoms with Crippen LogP contribution in [0.4, 0.5) is 5.69 Å². The van der Waals surface area contributed by atoms with Crippen LogP contribution in [-0.4, -0.2) is 43.7 Å². The standard InChI is InChI=1S/C15H24N2O/c1-12(18)14-6-4-5-7-15(14)17(3)11-13-8-9-16(2)10-13/h4-7,12-13,18H,8-11H2,1-3H3/t12-,13?/m0/s1. The van der Waals surface area contributed by atoms with Crippen LogP contribution < -0.4 is 4.90 Å². The van der Waals surface area contributed by atoms with Gasteiger partial charge in [-0.15, -0.1) is 0 Å². The number of hydrogen-bond donors (Lipinski definition) is 1. The fourth-order valence-corrected chi connectivity index (χ4v) is 2.85. The largest absolute Gasteiger partial charge is 0.389 e. The first-order chi connectivity index (χ1) is 8.58. The van der Waals surface area contributed by atoms with Crippen molar-refractivity contribution in [3.8, 4) is 0 Å². The van der Waals surface area contributed by atoms with Crippen molar-refractivity contribution in [1.29, 1.82) is 0 Å². The third-order valence-electron chi connectivity index (χ3n) is 3.82. The van der Waals surface area contributed by atoms with Gasteiger partial charge in [0.2, 0.25) is 0 Å². The maximum absolute atomic E-state index is 9.82. The fraction of sp³-hybridized carbons (Fsp3) is 0.600. The molecule has 0 radical (unpaired) electrons. The van der Waals surface area contributed by atoms with Crippen molar-refractivity contribution < 1.29 is 5.11 Å². The van der Waals surface area contributed by atoms with Crippen molar-refractivity contribution in [2.45, 2.75) is 19.4 Å². The summed E-state index contributed by atoms with van der Waals surface area (Å²) >= 11 is 0. The van der Waals surface area contributed by atoms with Gasteiger partial charge >= 0.3 is 0 Å². The molecule has 2 rings (SSSR count). The molecule has 3 nitrogen and oxygen atoms in total. The summed E-state index contributed by atoms with van der Waals surface area (Å²) in [5.41, 5.74) is 2.17. The topological polar surface area (TPSA) is 26.7 Å². The van der Waals surface area contributed by atoms with Crippen molar-refractivity contribution in [3.63, 3.8) is 0 Å². The average molecular weight is 248 g/mol. The van der Waals surface area contributed by atoms with Gasteiger partial charge in [0.25, 0.3) is 0 Å². The Morgan fingerprint density at radius 1 is 1.44 bits per heavy atom. The lowest BCUT2D eigenvalue weighted by molar-refractivity contribution is 0.199. The number of benzene rings is 1. The first kappa shape index (κ1) is 13.4. The van der Waals surface area contributed by atoms with E-state index < -0.39 is 6.10 Å². The van der Waals surface area contributed by atoms with E-state index in [1.54, 1.807) is 0 Å². The Morgan fingerprint density at radius 3 is 2.78 bits per heavy atom. The van der Waals surface area contributed by atoms with Gasteiger partial charge in [0.1, 0.15) is 0 Å².